The topological polar surface area (TPSA) is 61.8 Å². The molecule has 188 valence electrons. The SMILES string of the molecule is C[C@H](OOC(=O)CC(c1ccccc1)c1ccccc1)OC(=O)CC(c1ccccc1)c1ccccc1. The Labute approximate surface area is 217 Å². The Morgan fingerprint density at radius 3 is 1.22 bits per heavy atom. The highest BCUT2D eigenvalue weighted by atomic mass is 17.2. The molecule has 4 aromatic rings. The Morgan fingerprint density at radius 1 is 0.541 bits per heavy atom. The standard InChI is InChI=1S/C32H30O5/c1-24(35-31(33)22-29(25-14-6-2-7-15-25)26-16-8-3-9-17-26)36-37-32(34)23-30(27-18-10-4-11-19-27)28-20-12-5-13-21-28/h2-21,24,29-30H,22-23H2,1H3/t24-/m0/s1. The van der Waals surface area contributed by atoms with Crippen molar-refractivity contribution in [2.24, 2.45) is 0 Å². The van der Waals surface area contributed by atoms with Crippen molar-refractivity contribution >= 4 is 11.9 Å². The molecule has 5 nitrogen and oxygen atoms in total. The molecule has 0 unspecified atom stereocenters. The van der Waals surface area contributed by atoms with Crippen molar-refractivity contribution in [1.29, 1.82) is 0 Å². The Morgan fingerprint density at radius 2 is 0.865 bits per heavy atom. The molecule has 0 aromatic heterocycles. The molecule has 0 spiro atoms. The van der Waals surface area contributed by atoms with E-state index < -0.39 is 18.2 Å². The number of rotatable bonds is 11. The fourth-order valence-corrected chi connectivity index (χ4v) is 4.34. The fourth-order valence-electron chi connectivity index (χ4n) is 4.34. The second kappa shape index (κ2) is 13.2. The van der Waals surface area contributed by atoms with E-state index in [1.54, 1.807) is 0 Å². The number of hydrogen-bond acceptors (Lipinski definition) is 5. The Balaban J connectivity index is 1.33. The summed E-state index contributed by atoms with van der Waals surface area (Å²) < 4.78 is 5.41. The molecule has 0 radical (unpaired) electrons. The molecule has 0 N–H and O–H groups in total. The van der Waals surface area contributed by atoms with Gasteiger partial charge in [0.05, 0.1) is 12.8 Å². The summed E-state index contributed by atoms with van der Waals surface area (Å²) in [6.45, 7) is 1.52. The van der Waals surface area contributed by atoms with Crippen LogP contribution in [0.1, 0.15) is 53.9 Å². The van der Waals surface area contributed by atoms with Crippen molar-refractivity contribution in [1.82, 2.24) is 0 Å². The molecule has 0 saturated carbocycles. The lowest BCUT2D eigenvalue weighted by atomic mass is 9.89. The first-order valence-corrected chi connectivity index (χ1v) is 12.4. The van der Waals surface area contributed by atoms with Gasteiger partial charge in [0, 0.05) is 18.8 Å². The molecule has 0 aliphatic carbocycles. The molecule has 0 saturated heterocycles. The van der Waals surface area contributed by atoms with Crippen LogP contribution in [0.5, 0.6) is 0 Å². The van der Waals surface area contributed by atoms with Crippen LogP contribution in [0.25, 0.3) is 0 Å². The van der Waals surface area contributed by atoms with Gasteiger partial charge in [-0.1, -0.05) is 121 Å². The van der Waals surface area contributed by atoms with E-state index in [1.807, 2.05) is 121 Å². The summed E-state index contributed by atoms with van der Waals surface area (Å²) in [4.78, 5) is 35.6. The van der Waals surface area contributed by atoms with Gasteiger partial charge < -0.3 is 4.74 Å². The van der Waals surface area contributed by atoms with Gasteiger partial charge in [0.15, 0.2) is 0 Å². The number of benzene rings is 4. The minimum absolute atomic E-state index is 0.0821. The molecule has 0 fully saturated rings. The van der Waals surface area contributed by atoms with E-state index in [1.165, 1.54) is 6.92 Å². The van der Waals surface area contributed by atoms with Gasteiger partial charge in [0.1, 0.15) is 0 Å². The third-order valence-electron chi connectivity index (χ3n) is 6.12. The third kappa shape index (κ3) is 7.63. The van der Waals surface area contributed by atoms with Gasteiger partial charge in [-0.05, 0) is 22.3 Å². The van der Waals surface area contributed by atoms with Crippen LogP contribution in [0.4, 0.5) is 0 Å². The molecule has 0 heterocycles. The Kier molecular flexibility index (Phi) is 9.22. The second-order valence-electron chi connectivity index (χ2n) is 8.77. The van der Waals surface area contributed by atoms with Crippen LogP contribution in [-0.2, 0) is 24.1 Å². The van der Waals surface area contributed by atoms with E-state index >= 15 is 0 Å². The molecule has 1 atom stereocenters. The van der Waals surface area contributed by atoms with Gasteiger partial charge in [0.2, 0.25) is 6.29 Å². The predicted molar refractivity (Wildman–Crippen MR) is 141 cm³/mol. The number of esters is 1. The lowest BCUT2D eigenvalue weighted by Crippen LogP contribution is -2.22. The molecule has 5 heteroatoms. The first-order chi connectivity index (χ1) is 18.1. The van der Waals surface area contributed by atoms with E-state index in [-0.39, 0.29) is 24.7 Å². The number of carbonyl (C=O) groups excluding carboxylic acids is 2. The lowest BCUT2D eigenvalue weighted by molar-refractivity contribution is -0.339. The van der Waals surface area contributed by atoms with E-state index in [0.29, 0.717) is 0 Å². The van der Waals surface area contributed by atoms with Gasteiger partial charge >= 0.3 is 11.9 Å². The van der Waals surface area contributed by atoms with Crippen LogP contribution in [-0.4, -0.2) is 18.2 Å². The monoisotopic (exact) mass is 494 g/mol. The lowest BCUT2D eigenvalue weighted by Gasteiger charge is -2.19. The molecular formula is C32H30O5. The first kappa shape index (κ1) is 25.9. The van der Waals surface area contributed by atoms with Crippen LogP contribution in [0.3, 0.4) is 0 Å². The van der Waals surface area contributed by atoms with Crippen LogP contribution < -0.4 is 0 Å². The molecule has 0 amide bonds. The maximum atomic E-state index is 12.8. The van der Waals surface area contributed by atoms with E-state index in [4.69, 9.17) is 14.5 Å². The zero-order valence-electron chi connectivity index (χ0n) is 20.7. The highest BCUT2D eigenvalue weighted by Gasteiger charge is 2.23. The largest absolute Gasteiger partial charge is 0.432 e. The van der Waals surface area contributed by atoms with Gasteiger partial charge in [-0.15, -0.1) is 4.89 Å². The molecule has 37 heavy (non-hydrogen) atoms. The zero-order valence-corrected chi connectivity index (χ0v) is 20.7. The molecule has 4 aromatic carbocycles. The molecule has 4 rings (SSSR count). The maximum Gasteiger partial charge on any atom is 0.343 e. The van der Waals surface area contributed by atoms with Gasteiger partial charge in [-0.2, -0.15) is 0 Å². The molecule has 0 aliphatic rings. The smallest absolute Gasteiger partial charge is 0.343 e. The van der Waals surface area contributed by atoms with Crippen molar-refractivity contribution in [3.8, 4) is 0 Å². The minimum atomic E-state index is -1.05. The van der Waals surface area contributed by atoms with Crippen LogP contribution >= 0.6 is 0 Å². The van der Waals surface area contributed by atoms with Crippen molar-refractivity contribution in [2.45, 2.75) is 37.9 Å². The van der Waals surface area contributed by atoms with Crippen molar-refractivity contribution in [2.75, 3.05) is 0 Å². The Hall–Kier alpha value is -4.22. The number of ether oxygens (including phenoxy) is 1. The van der Waals surface area contributed by atoms with E-state index in [9.17, 15) is 9.59 Å². The summed E-state index contributed by atoms with van der Waals surface area (Å²) in [7, 11) is 0. The summed E-state index contributed by atoms with van der Waals surface area (Å²) >= 11 is 0. The number of hydrogen-bond donors (Lipinski definition) is 0. The zero-order chi connectivity index (χ0) is 25.9. The summed E-state index contributed by atoms with van der Waals surface area (Å²) in [5, 5.41) is 0. The van der Waals surface area contributed by atoms with Gasteiger partial charge in [0.25, 0.3) is 0 Å². The highest BCUT2D eigenvalue weighted by Crippen LogP contribution is 2.29. The van der Waals surface area contributed by atoms with Crippen LogP contribution in [0, 0.1) is 0 Å². The second-order valence-corrected chi connectivity index (χ2v) is 8.77. The Bertz CT molecular complexity index is 1160. The summed E-state index contributed by atoms with van der Waals surface area (Å²) in [5.41, 5.74) is 4.02. The minimum Gasteiger partial charge on any atom is -0.432 e. The summed E-state index contributed by atoms with van der Waals surface area (Å²) in [6.07, 6.45) is -0.839. The average molecular weight is 495 g/mol. The quantitative estimate of drug-likeness (QED) is 0.0994. The highest BCUT2D eigenvalue weighted by molar-refractivity contribution is 5.72. The van der Waals surface area contributed by atoms with Gasteiger partial charge in [-0.25, -0.2) is 4.79 Å². The molecule has 0 bridgehead atoms. The maximum absolute atomic E-state index is 12.8. The summed E-state index contributed by atoms with van der Waals surface area (Å²) in [6, 6.07) is 39.1. The fraction of sp³-hybridized carbons (Fsp3) is 0.188. The summed E-state index contributed by atoms with van der Waals surface area (Å²) in [5.74, 6) is -1.35. The number of carbonyl (C=O) groups is 2. The van der Waals surface area contributed by atoms with Crippen molar-refractivity contribution < 1.29 is 24.1 Å². The predicted octanol–water partition coefficient (Wildman–Crippen LogP) is 6.79. The van der Waals surface area contributed by atoms with E-state index in [2.05, 4.69) is 0 Å². The van der Waals surface area contributed by atoms with Crippen LogP contribution in [0.15, 0.2) is 121 Å². The third-order valence-corrected chi connectivity index (χ3v) is 6.12. The van der Waals surface area contributed by atoms with Crippen molar-refractivity contribution in [3.63, 3.8) is 0 Å². The van der Waals surface area contributed by atoms with Gasteiger partial charge in [-0.3, -0.25) is 9.68 Å². The van der Waals surface area contributed by atoms with Crippen LogP contribution in [0.2, 0.25) is 0 Å². The first-order valence-electron chi connectivity index (χ1n) is 12.4. The molecule has 0 aliphatic heterocycles. The average Bonchev–Trinajstić information content (AvgIpc) is 2.95. The molecular weight excluding hydrogens is 464 g/mol. The van der Waals surface area contributed by atoms with E-state index in [0.717, 1.165) is 22.3 Å². The van der Waals surface area contributed by atoms with Crippen molar-refractivity contribution in [3.05, 3.63) is 144 Å². The normalized spacial score (nSPS) is 11.8.